The summed E-state index contributed by atoms with van der Waals surface area (Å²) in [5.41, 5.74) is 2.89. The van der Waals surface area contributed by atoms with Crippen LogP contribution in [0.15, 0.2) is 46.2 Å². The van der Waals surface area contributed by atoms with Crippen LogP contribution in [-0.4, -0.2) is 55.1 Å². The lowest BCUT2D eigenvalue weighted by Crippen LogP contribution is -2.43. The zero-order valence-electron chi connectivity index (χ0n) is 15.2. The number of aliphatic hydroxyl groups excluding tert-OH is 2. The molecule has 0 saturated carbocycles. The fraction of sp³-hybridized carbons (Fsp3) is 0.400. The molecule has 3 rings (SSSR count). The van der Waals surface area contributed by atoms with Crippen molar-refractivity contribution in [1.29, 1.82) is 0 Å². The molecule has 0 radical (unpaired) electrons. The molecule has 0 saturated heterocycles. The molecule has 2 aromatic rings. The van der Waals surface area contributed by atoms with E-state index in [9.17, 15) is 10.2 Å². The number of hydrogen-bond donors (Lipinski definition) is 2. The van der Waals surface area contributed by atoms with Gasteiger partial charge in [0.15, 0.2) is 0 Å². The molecule has 0 aliphatic carbocycles. The highest BCUT2D eigenvalue weighted by molar-refractivity contribution is 7.99. The van der Waals surface area contributed by atoms with Crippen molar-refractivity contribution in [3.8, 4) is 5.75 Å². The Balaban J connectivity index is 1.86. The van der Waals surface area contributed by atoms with Crippen molar-refractivity contribution in [3.05, 3.63) is 53.1 Å². The standard InChI is InChI=1S/C20H26NO3S/c1-13-9-10-16(24-12-14(22)11-21(2,3)4)20-18(13)19(23)15-7-5-6-8-17(15)25-20/h5-10,14,19,22-23H,11-12H2,1-4H3/q+1. The number of likely N-dealkylation sites (N-methyl/N-ethyl adjacent to an activating group) is 1. The van der Waals surface area contributed by atoms with E-state index < -0.39 is 12.2 Å². The number of hydrogen-bond acceptors (Lipinski definition) is 4. The number of quaternary nitrogens is 1. The number of nitrogens with zero attached hydrogens (tertiary/aromatic N) is 1. The molecule has 0 aromatic heterocycles. The van der Waals surface area contributed by atoms with Gasteiger partial charge in [-0.15, -0.1) is 0 Å². The van der Waals surface area contributed by atoms with E-state index in [2.05, 4.69) is 0 Å². The van der Waals surface area contributed by atoms with Crippen LogP contribution in [0.2, 0.25) is 0 Å². The quantitative estimate of drug-likeness (QED) is 0.805. The summed E-state index contributed by atoms with van der Waals surface area (Å²) < 4.78 is 6.62. The number of ether oxygens (including phenoxy) is 1. The number of benzene rings is 2. The highest BCUT2D eigenvalue weighted by Gasteiger charge is 2.28. The van der Waals surface area contributed by atoms with Gasteiger partial charge in [-0.2, -0.15) is 0 Å². The molecular formula is C20H26NO3S+. The number of aryl methyl sites for hydroxylation is 1. The van der Waals surface area contributed by atoms with Gasteiger partial charge in [0.05, 0.1) is 26.0 Å². The Kier molecular flexibility index (Phi) is 5.11. The fourth-order valence-electron chi connectivity index (χ4n) is 3.17. The molecular weight excluding hydrogens is 334 g/mol. The average Bonchev–Trinajstić information content (AvgIpc) is 2.52. The van der Waals surface area contributed by atoms with Crippen LogP contribution in [0.5, 0.6) is 5.75 Å². The van der Waals surface area contributed by atoms with Crippen molar-refractivity contribution in [1.82, 2.24) is 0 Å². The Morgan fingerprint density at radius 2 is 1.88 bits per heavy atom. The van der Waals surface area contributed by atoms with Crippen LogP contribution >= 0.6 is 11.8 Å². The van der Waals surface area contributed by atoms with Crippen molar-refractivity contribution in [3.63, 3.8) is 0 Å². The highest BCUT2D eigenvalue weighted by atomic mass is 32.2. The van der Waals surface area contributed by atoms with Crippen LogP contribution in [-0.2, 0) is 0 Å². The van der Waals surface area contributed by atoms with Crippen LogP contribution in [0.25, 0.3) is 0 Å². The summed E-state index contributed by atoms with van der Waals surface area (Å²) in [4.78, 5) is 1.99. The number of fused-ring (bicyclic) bond motifs is 2. The molecule has 0 bridgehead atoms. The number of aliphatic hydroxyl groups is 2. The molecule has 1 aliphatic heterocycles. The van der Waals surface area contributed by atoms with Crippen molar-refractivity contribution >= 4 is 11.8 Å². The van der Waals surface area contributed by atoms with E-state index in [-0.39, 0.29) is 6.61 Å². The molecule has 0 amide bonds. The molecule has 1 aliphatic rings. The lowest BCUT2D eigenvalue weighted by atomic mass is 9.96. The van der Waals surface area contributed by atoms with Gasteiger partial charge in [0.2, 0.25) is 0 Å². The Labute approximate surface area is 153 Å². The number of rotatable bonds is 5. The van der Waals surface area contributed by atoms with Crippen molar-refractivity contribution < 1.29 is 19.4 Å². The van der Waals surface area contributed by atoms with Gasteiger partial charge >= 0.3 is 0 Å². The Hall–Kier alpha value is -1.53. The topological polar surface area (TPSA) is 49.7 Å². The SMILES string of the molecule is Cc1ccc(OCC(O)C[N+](C)(C)C)c2c1C(O)c1ccccc1S2. The summed E-state index contributed by atoms with van der Waals surface area (Å²) in [6, 6.07) is 11.8. The third kappa shape index (κ3) is 4.01. The zero-order chi connectivity index (χ0) is 18.2. The van der Waals surface area contributed by atoms with Crippen LogP contribution < -0.4 is 4.74 Å². The first kappa shape index (κ1) is 18.3. The minimum absolute atomic E-state index is 0.239. The van der Waals surface area contributed by atoms with E-state index in [0.29, 0.717) is 11.0 Å². The van der Waals surface area contributed by atoms with E-state index >= 15 is 0 Å². The van der Waals surface area contributed by atoms with Crippen LogP contribution in [0.4, 0.5) is 0 Å². The van der Waals surface area contributed by atoms with Gasteiger partial charge in [0, 0.05) is 10.5 Å². The predicted octanol–water partition coefficient (Wildman–Crippen LogP) is 2.99. The van der Waals surface area contributed by atoms with Crippen molar-refractivity contribution in [2.75, 3.05) is 34.3 Å². The van der Waals surface area contributed by atoms with E-state index in [0.717, 1.165) is 32.2 Å². The molecule has 25 heavy (non-hydrogen) atoms. The minimum atomic E-state index is -0.646. The summed E-state index contributed by atoms with van der Waals surface area (Å²) in [5.74, 6) is 0.722. The molecule has 5 heteroatoms. The smallest absolute Gasteiger partial charge is 0.137 e. The van der Waals surface area contributed by atoms with Crippen LogP contribution in [0.1, 0.15) is 22.8 Å². The first-order valence-electron chi connectivity index (χ1n) is 8.46. The summed E-state index contributed by atoms with van der Waals surface area (Å²) in [6.45, 7) is 2.86. The van der Waals surface area contributed by atoms with Gasteiger partial charge in [-0.25, -0.2) is 0 Å². The average molecular weight is 360 g/mol. The molecule has 2 N–H and O–H groups in total. The summed E-state index contributed by atoms with van der Waals surface area (Å²) in [7, 11) is 6.13. The van der Waals surface area contributed by atoms with E-state index in [1.165, 1.54) is 0 Å². The molecule has 2 unspecified atom stereocenters. The van der Waals surface area contributed by atoms with Crippen LogP contribution in [0.3, 0.4) is 0 Å². The Morgan fingerprint density at radius 1 is 1.16 bits per heavy atom. The second-order valence-corrected chi connectivity index (χ2v) is 8.66. The van der Waals surface area contributed by atoms with Gasteiger partial charge < -0.3 is 19.4 Å². The first-order chi connectivity index (χ1) is 11.8. The second kappa shape index (κ2) is 7.00. The van der Waals surface area contributed by atoms with Crippen molar-refractivity contribution in [2.45, 2.75) is 28.9 Å². The van der Waals surface area contributed by atoms with E-state index in [1.54, 1.807) is 11.8 Å². The molecule has 1 heterocycles. The third-order valence-corrected chi connectivity index (χ3v) is 5.48. The lowest BCUT2D eigenvalue weighted by Gasteiger charge is -2.29. The molecule has 0 fully saturated rings. The molecule has 4 nitrogen and oxygen atoms in total. The predicted molar refractivity (Wildman–Crippen MR) is 100 cm³/mol. The normalized spacial score (nSPS) is 17.6. The molecule has 2 atom stereocenters. The van der Waals surface area contributed by atoms with Gasteiger partial charge in [0.25, 0.3) is 0 Å². The maximum Gasteiger partial charge on any atom is 0.137 e. The summed E-state index contributed by atoms with van der Waals surface area (Å²) >= 11 is 1.62. The van der Waals surface area contributed by atoms with Gasteiger partial charge in [-0.05, 0) is 30.2 Å². The van der Waals surface area contributed by atoms with E-state index in [4.69, 9.17) is 4.74 Å². The highest BCUT2D eigenvalue weighted by Crippen LogP contribution is 2.49. The molecule has 134 valence electrons. The van der Waals surface area contributed by atoms with Crippen molar-refractivity contribution in [2.24, 2.45) is 0 Å². The molecule has 2 aromatic carbocycles. The summed E-state index contributed by atoms with van der Waals surface area (Å²) in [5, 5.41) is 21.0. The summed E-state index contributed by atoms with van der Waals surface area (Å²) in [6.07, 6.45) is -1.19. The maximum absolute atomic E-state index is 10.8. The van der Waals surface area contributed by atoms with Gasteiger partial charge in [0.1, 0.15) is 31.1 Å². The second-order valence-electron chi connectivity index (χ2n) is 7.60. The third-order valence-electron chi connectivity index (χ3n) is 4.27. The Bertz CT molecular complexity index is 770. The van der Waals surface area contributed by atoms with Gasteiger partial charge in [-0.3, -0.25) is 0 Å². The minimum Gasteiger partial charge on any atom is -0.489 e. The maximum atomic E-state index is 10.8. The van der Waals surface area contributed by atoms with Gasteiger partial charge in [-0.1, -0.05) is 36.0 Å². The molecule has 0 spiro atoms. The Morgan fingerprint density at radius 3 is 2.60 bits per heavy atom. The monoisotopic (exact) mass is 360 g/mol. The largest absolute Gasteiger partial charge is 0.489 e. The zero-order valence-corrected chi connectivity index (χ0v) is 16.0. The lowest BCUT2D eigenvalue weighted by molar-refractivity contribution is -0.873. The van der Waals surface area contributed by atoms with Crippen LogP contribution in [0, 0.1) is 6.92 Å². The van der Waals surface area contributed by atoms with E-state index in [1.807, 2.05) is 64.5 Å². The first-order valence-corrected chi connectivity index (χ1v) is 9.27. The fourth-order valence-corrected chi connectivity index (χ4v) is 4.45.